The minimum absolute atomic E-state index is 0.218. The Morgan fingerprint density at radius 3 is 1.42 bits per heavy atom. The van der Waals surface area contributed by atoms with E-state index in [2.05, 4.69) is 138 Å². The summed E-state index contributed by atoms with van der Waals surface area (Å²) in [5.74, 6) is 0.452. The topological polar surface area (TPSA) is 0 Å². The number of hydrogen-bond donors (Lipinski definition) is 0. The summed E-state index contributed by atoms with van der Waals surface area (Å²) < 4.78 is 0. The summed E-state index contributed by atoms with van der Waals surface area (Å²) in [4.78, 5) is 0.218. The smallest absolute Gasteiger partial charge is 0.0884 e. The van der Waals surface area contributed by atoms with Crippen molar-refractivity contribution in [2.24, 2.45) is 0 Å². The lowest BCUT2D eigenvalue weighted by Crippen LogP contribution is -2.06. The van der Waals surface area contributed by atoms with Gasteiger partial charge in [0.25, 0.3) is 0 Å². The van der Waals surface area contributed by atoms with Crippen LogP contribution in [0.15, 0.2) is 109 Å². The van der Waals surface area contributed by atoms with Crippen LogP contribution in [0.2, 0.25) is 6.82 Å². The van der Waals surface area contributed by atoms with Gasteiger partial charge in [-0.05, 0) is 39.2 Å². The molecule has 0 fully saturated rings. The monoisotopic (exact) mass is 464 g/mol. The van der Waals surface area contributed by atoms with E-state index in [1.165, 1.54) is 33.4 Å². The van der Waals surface area contributed by atoms with Crippen LogP contribution in [0.4, 0.5) is 0 Å². The molecule has 0 amide bonds. The molecule has 152 valence electrons. The molecule has 0 bridgehead atoms. The lowest BCUT2D eigenvalue weighted by molar-refractivity contribution is 1.12. The normalized spacial score (nSPS) is 13.1. The fourth-order valence-corrected chi connectivity index (χ4v) is 4.58. The second-order valence-electron chi connectivity index (χ2n) is 7.81. The van der Waals surface area contributed by atoms with E-state index in [-0.39, 0.29) is 4.83 Å². The van der Waals surface area contributed by atoms with Crippen LogP contribution in [-0.2, 0) is 0 Å². The van der Waals surface area contributed by atoms with E-state index in [9.17, 15) is 0 Å². The van der Waals surface area contributed by atoms with E-state index in [1.807, 2.05) is 6.07 Å². The minimum atomic E-state index is 0.218. The molecule has 2 atom stereocenters. The molecule has 0 nitrogen and oxygen atoms in total. The summed E-state index contributed by atoms with van der Waals surface area (Å²) in [6.07, 6.45) is 4.37. The quantitative estimate of drug-likeness (QED) is 0.148. The Morgan fingerprint density at radius 1 is 0.548 bits per heavy atom. The maximum atomic E-state index is 3.82. The third-order valence-corrected chi connectivity index (χ3v) is 6.80. The average molecular weight is 465 g/mol. The van der Waals surface area contributed by atoms with Crippen molar-refractivity contribution in [3.05, 3.63) is 143 Å². The molecule has 2 heteroatoms. The Labute approximate surface area is 195 Å². The van der Waals surface area contributed by atoms with Crippen molar-refractivity contribution in [1.82, 2.24) is 0 Å². The zero-order valence-electron chi connectivity index (χ0n) is 17.8. The van der Waals surface area contributed by atoms with Gasteiger partial charge < -0.3 is 0 Å². The van der Waals surface area contributed by atoms with E-state index >= 15 is 0 Å². The fourth-order valence-electron chi connectivity index (χ4n) is 3.97. The molecule has 4 rings (SSSR count). The van der Waals surface area contributed by atoms with Crippen LogP contribution in [0.3, 0.4) is 0 Å². The Balaban J connectivity index is 1.44. The lowest BCUT2D eigenvalue weighted by atomic mass is 9.61. The molecule has 2 unspecified atom stereocenters. The van der Waals surface area contributed by atoms with E-state index < -0.39 is 0 Å². The molecular formula is C29H26BBr. The number of alkyl halides is 1. The van der Waals surface area contributed by atoms with Gasteiger partial charge in [-0.2, -0.15) is 0 Å². The van der Waals surface area contributed by atoms with Crippen LogP contribution in [0.1, 0.15) is 44.0 Å². The Morgan fingerprint density at radius 2 is 0.935 bits per heavy atom. The summed E-state index contributed by atoms with van der Waals surface area (Å²) in [5, 5.41) is 0. The van der Waals surface area contributed by atoms with Crippen LogP contribution in [0.25, 0.3) is 12.2 Å². The van der Waals surface area contributed by atoms with Gasteiger partial charge in [0.1, 0.15) is 7.28 Å². The van der Waals surface area contributed by atoms with Crippen LogP contribution in [0.5, 0.6) is 0 Å². The standard InChI is InChI=1S/C29H26BBr/c1-30-28(24-8-4-2-5-9-24)25-18-14-22(15-19-25)12-13-23-16-20-27(21-17-23)29(31)26-10-6-3-7-11-26/h2-21,28-30H,1H3/b13-12+. The van der Waals surface area contributed by atoms with Crippen LogP contribution >= 0.6 is 15.9 Å². The summed E-state index contributed by atoms with van der Waals surface area (Å²) in [6.45, 7) is 2.25. The zero-order valence-corrected chi connectivity index (χ0v) is 19.4. The highest BCUT2D eigenvalue weighted by Gasteiger charge is 2.12. The van der Waals surface area contributed by atoms with Gasteiger partial charge >= 0.3 is 0 Å². The Hall–Kier alpha value is -2.84. The number of hydrogen-bond acceptors (Lipinski definition) is 0. The SMILES string of the molecule is CBC(c1ccccc1)c1ccc(/C=C/c2ccc(C(Br)c3ccccc3)cc2)cc1. The molecule has 0 aliphatic carbocycles. The molecule has 0 saturated heterocycles. The van der Waals surface area contributed by atoms with Gasteiger partial charge in [0, 0.05) is 0 Å². The predicted molar refractivity (Wildman–Crippen MR) is 140 cm³/mol. The van der Waals surface area contributed by atoms with E-state index in [0.29, 0.717) is 5.82 Å². The van der Waals surface area contributed by atoms with Crippen molar-refractivity contribution >= 4 is 35.4 Å². The van der Waals surface area contributed by atoms with Crippen molar-refractivity contribution in [3.63, 3.8) is 0 Å². The maximum Gasteiger partial charge on any atom is 0.132 e. The number of rotatable bonds is 7. The lowest BCUT2D eigenvalue weighted by Gasteiger charge is -2.15. The second kappa shape index (κ2) is 10.5. The van der Waals surface area contributed by atoms with Crippen LogP contribution < -0.4 is 0 Å². The number of halogens is 1. The van der Waals surface area contributed by atoms with Gasteiger partial charge in [-0.3, -0.25) is 0 Å². The van der Waals surface area contributed by atoms with Crippen LogP contribution in [0, 0.1) is 0 Å². The van der Waals surface area contributed by atoms with E-state index in [1.54, 1.807) is 0 Å². The molecular weight excluding hydrogens is 439 g/mol. The third-order valence-electron chi connectivity index (χ3n) is 5.74. The Kier molecular flexibility index (Phi) is 7.22. The molecule has 31 heavy (non-hydrogen) atoms. The highest BCUT2D eigenvalue weighted by molar-refractivity contribution is 9.09. The molecule has 0 aromatic heterocycles. The zero-order chi connectivity index (χ0) is 21.5. The van der Waals surface area contributed by atoms with E-state index in [0.717, 1.165) is 7.28 Å². The molecule has 0 aliphatic rings. The van der Waals surface area contributed by atoms with Gasteiger partial charge in [-0.1, -0.05) is 144 Å². The van der Waals surface area contributed by atoms with Crippen molar-refractivity contribution in [2.75, 3.05) is 0 Å². The van der Waals surface area contributed by atoms with Gasteiger partial charge in [0.2, 0.25) is 0 Å². The first kappa shape index (κ1) is 21.4. The van der Waals surface area contributed by atoms with Gasteiger partial charge in [0.15, 0.2) is 0 Å². The van der Waals surface area contributed by atoms with Crippen molar-refractivity contribution < 1.29 is 0 Å². The molecule has 0 heterocycles. The minimum Gasteiger partial charge on any atom is -0.0884 e. The molecule has 4 aromatic rings. The molecule has 0 spiro atoms. The molecule has 0 saturated carbocycles. The first-order valence-electron chi connectivity index (χ1n) is 10.9. The summed E-state index contributed by atoms with van der Waals surface area (Å²) in [5.41, 5.74) is 7.72. The second-order valence-corrected chi connectivity index (χ2v) is 8.73. The van der Waals surface area contributed by atoms with E-state index in [4.69, 9.17) is 0 Å². The highest BCUT2D eigenvalue weighted by atomic mass is 79.9. The molecule has 0 aliphatic heterocycles. The molecule has 0 N–H and O–H groups in total. The summed E-state index contributed by atoms with van der Waals surface area (Å²) >= 11 is 3.82. The van der Waals surface area contributed by atoms with Crippen molar-refractivity contribution in [2.45, 2.75) is 17.5 Å². The summed E-state index contributed by atoms with van der Waals surface area (Å²) in [6, 6.07) is 39.0. The average Bonchev–Trinajstić information content (AvgIpc) is 2.85. The third kappa shape index (κ3) is 5.45. The largest absolute Gasteiger partial charge is 0.132 e. The fraction of sp³-hybridized carbons (Fsp3) is 0.103. The highest BCUT2D eigenvalue weighted by Crippen LogP contribution is 2.30. The van der Waals surface area contributed by atoms with Crippen molar-refractivity contribution in [1.29, 1.82) is 0 Å². The van der Waals surface area contributed by atoms with Gasteiger partial charge in [-0.25, -0.2) is 0 Å². The maximum absolute atomic E-state index is 3.82. The van der Waals surface area contributed by atoms with Crippen LogP contribution in [-0.4, -0.2) is 7.28 Å². The summed E-state index contributed by atoms with van der Waals surface area (Å²) in [7, 11) is 1.10. The predicted octanol–water partition coefficient (Wildman–Crippen LogP) is 7.92. The van der Waals surface area contributed by atoms with Crippen molar-refractivity contribution in [3.8, 4) is 0 Å². The van der Waals surface area contributed by atoms with Gasteiger partial charge in [0.05, 0.1) is 4.83 Å². The first-order valence-corrected chi connectivity index (χ1v) is 11.8. The molecule has 0 radical (unpaired) electrons. The molecule has 4 aromatic carbocycles. The first-order chi connectivity index (χ1) is 15.2. The van der Waals surface area contributed by atoms with Gasteiger partial charge in [-0.15, -0.1) is 0 Å². The number of benzene rings is 4. The Bertz CT molecular complexity index is 1100.